The van der Waals surface area contributed by atoms with E-state index in [9.17, 15) is 0 Å². The average molecular weight is 422 g/mol. The highest BCUT2D eigenvalue weighted by Gasteiger charge is 2.12. The summed E-state index contributed by atoms with van der Waals surface area (Å²) in [6, 6.07) is 13.2. The Balaban J connectivity index is 1.90. The third kappa shape index (κ3) is 5.01. The minimum Gasteiger partial charge on any atom is -0.493 e. The summed E-state index contributed by atoms with van der Waals surface area (Å²) >= 11 is 0. The highest BCUT2D eigenvalue weighted by Crippen LogP contribution is 2.39. The SMILES string of the molecule is COc1ccc(Nc2ncccc2/C=C/c2cc(OC)c(OC)c(OC)c2)cc1OC. The maximum absolute atomic E-state index is 5.43. The van der Waals surface area contributed by atoms with E-state index < -0.39 is 0 Å². The van der Waals surface area contributed by atoms with Gasteiger partial charge >= 0.3 is 0 Å². The molecule has 1 aromatic heterocycles. The molecule has 1 heterocycles. The van der Waals surface area contributed by atoms with Crippen molar-refractivity contribution < 1.29 is 23.7 Å². The van der Waals surface area contributed by atoms with Crippen LogP contribution in [0.3, 0.4) is 0 Å². The summed E-state index contributed by atoms with van der Waals surface area (Å²) in [5.41, 5.74) is 2.64. The number of hydrogen-bond donors (Lipinski definition) is 1. The number of pyridine rings is 1. The van der Waals surface area contributed by atoms with Crippen LogP contribution in [0.5, 0.6) is 28.7 Å². The van der Waals surface area contributed by atoms with Gasteiger partial charge in [-0.2, -0.15) is 0 Å². The van der Waals surface area contributed by atoms with Crippen LogP contribution in [0.1, 0.15) is 11.1 Å². The van der Waals surface area contributed by atoms with Crippen LogP contribution in [-0.4, -0.2) is 40.5 Å². The van der Waals surface area contributed by atoms with Crippen molar-refractivity contribution in [3.8, 4) is 28.7 Å². The Bertz CT molecular complexity index is 1040. The van der Waals surface area contributed by atoms with Gasteiger partial charge in [-0.05, 0) is 42.0 Å². The molecule has 2 aromatic carbocycles. The molecular weight excluding hydrogens is 396 g/mol. The van der Waals surface area contributed by atoms with E-state index in [1.807, 2.05) is 54.6 Å². The Morgan fingerprint density at radius 1 is 0.710 bits per heavy atom. The summed E-state index contributed by atoms with van der Waals surface area (Å²) in [6.45, 7) is 0. The Kier molecular flexibility index (Phi) is 7.22. The number of methoxy groups -OCH3 is 5. The Morgan fingerprint density at radius 2 is 1.39 bits per heavy atom. The summed E-state index contributed by atoms with van der Waals surface area (Å²) < 4.78 is 26.9. The number of anilines is 2. The third-order valence-corrected chi connectivity index (χ3v) is 4.63. The molecule has 0 atom stereocenters. The largest absolute Gasteiger partial charge is 0.493 e. The average Bonchev–Trinajstić information content (AvgIpc) is 2.82. The lowest BCUT2D eigenvalue weighted by Gasteiger charge is -2.13. The van der Waals surface area contributed by atoms with Crippen molar-refractivity contribution in [3.63, 3.8) is 0 Å². The summed E-state index contributed by atoms with van der Waals surface area (Å²) in [5.74, 6) is 3.75. The first-order valence-corrected chi connectivity index (χ1v) is 9.55. The fraction of sp³-hybridized carbons (Fsp3) is 0.208. The molecular formula is C24H26N2O5. The van der Waals surface area contributed by atoms with Gasteiger partial charge in [0, 0.05) is 23.5 Å². The zero-order valence-electron chi connectivity index (χ0n) is 18.3. The first kappa shape index (κ1) is 21.8. The molecule has 7 heteroatoms. The molecule has 162 valence electrons. The molecule has 0 aliphatic heterocycles. The number of nitrogens with zero attached hydrogens (tertiary/aromatic N) is 1. The normalized spacial score (nSPS) is 10.6. The van der Waals surface area contributed by atoms with Gasteiger partial charge in [-0.3, -0.25) is 0 Å². The van der Waals surface area contributed by atoms with Crippen molar-refractivity contribution in [2.75, 3.05) is 40.9 Å². The number of benzene rings is 2. The number of ether oxygens (including phenoxy) is 5. The van der Waals surface area contributed by atoms with Gasteiger partial charge in [-0.1, -0.05) is 12.2 Å². The number of nitrogens with one attached hydrogen (secondary N) is 1. The van der Waals surface area contributed by atoms with Crippen LogP contribution in [0.2, 0.25) is 0 Å². The Hall–Kier alpha value is -3.87. The van der Waals surface area contributed by atoms with Gasteiger partial charge in [0.05, 0.1) is 35.5 Å². The van der Waals surface area contributed by atoms with E-state index in [2.05, 4.69) is 10.3 Å². The molecule has 0 aliphatic rings. The maximum atomic E-state index is 5.43. The smallest absolute Gasteiger partial charge is 0.203 e. The number of hydrogen-bond acceptors (Lipinski definition) is 7. The van der Waals surface area contributed by atoms with Gasteiger partial charge in [0.15, 0.2) is 23.0 Å². The van der Waals surface area contributed by atoms with Crippen LogP contribution < -0.4 is 29.0 Å². The van der Waals surface area contributed by atoms with E-state index in [1.54, 1.807) is 41.7 Å². The molecule has 3 rings (SSSR count). The molecule has 0 radical (unpaired) electrons. The molecule has 1 N–H and O–H groups in total. The predicted molar refractivity (Wildman–Crippen MR) is 122 cm³/mol. The lowest BCUT2D eigenvalue weighted by atomic mass is 10.1. The van der Waals surface area contributed by atoms with Gasteiger partial charge < -0.3 is 29.0 Å². The minimum absolute atomic E-state index is 0.555. The molecule has 0 aliphatic carbocycles. The van der Waals surface area contributed by atoms with E-state index in [0.717, 1.165) is 16.8 Å². The zero-order valence-corrected chi connectivity index (χ0v) is 18.3. The molecule has 3 aromatic rings. The fourth-order valence-electron chi connectivity index (χ4n) is 3.09. The van der Waals surface area contributed by atoms with E-state index in [-0.39, 0.29) is 0 Å². The molecule has 0 saturated heterocycles. The van der Waals surface area contributed by atoms with Gasteiger partial charge in [0.25, 0.3) is 0 Å². The predicted octanol–water partition coefficient (Wildman–Crippen LogP) is 5.04. The lowest BCUT2D eigenvalue weighted by Crippen LogP contribution is -1.98. The molecule has 0 amide bonds. The topological polar surface area (TPSA) is 71.1 Å². The fourth-order valence-corrected chi connectivity index (χ4v) is 3.09. The molecule has 0 fully saturated rings. The summed E-state index contributed by atoms with van der Waals surface area (Å²) in [6.07, 6.45) is 5.66. The van der Waals surface area contributed by atoms with Crippen LogP contribution in [0.15, 0.2) is 48.7 Å². The van der Waals surface area contributed by atoms with Gasteiger partial charge in [-0.15, -0.1) is 0 Å². The molecule has 7 nitrogen and oxygen atoms in total. The van der Waals surface area contributed by atoms with Crippen molar-refractivity contribution in [1.82, 2.24) is 4.98 Å². The number of aromatic nitrogens is 1. The second-order valence-corrected chi connectivity index (χ2v) is 6.43. The summed E-state index contributed by atoms with van der Waals surface area (Å²) in [4.78, 5) is 4.48. The van der Waals surface area contributed by atoms with Gasteiger partial charge in [0.1, 0.15) is 5.82 Å². The lowest BCUT2D eigenvalue weighted by molar-refractivity contribution is 0.324. The molecule has 0 bridgehead atoms. The highest BCUT2D eigenvalue weighted by molar-refractivity contribution is 5.78. The van der Waals surface area contributed by atoms with E-state index >= 15 is 0 Å². The second-order valence-electron chi connectivity index (χ2n) is 6.43. The molecule has 0 unspecified atom stereocenters. The van der Waals surface area contributed by atoms with Crippen molar-refractivity contribution in [2.24, 2.45) is 0 Å². The first-order chi connectivity index (χ1) is 15.1. The Labute approximate surface area is 182 Å². The van der Waals surface area contributed by atoms with Crippen LogP contribution in [0.25, 0.3) is 12.2 Å². The van der Waals surface area contributed by atoms with Crippen LogP contribution in [0.4, 0.5) is 11.5 Å². The minimum atomic E-state index is 0.555. The monoisotopic (exact) mass is 422 g/mol. The molecule has 31 heavy (non-hydrogen) atoms. The molecule has 0 saturated carbocycles. The quantitative estimate of drug-likeness (QED) is 0.518. The van der Waals surface area contributed by atoms with Crippen molar-refractivity contribution in [3.05, 3.63) is 59.8 Å². The van der Waals surface area contributed by atoms with Gasteiger partial charge in [-0.25, -0.2) is 4.98 Å². The maximum Gasteiger partial charge on any atom is 0.203 e. The van der Waals surface area contributed by atoms with Crippen LogP contribution in [-0.2, 0) is 0 Å². The van der Waals surface area contributed by atoms with Crippen molar-refractivity contribution in [1.29, 1.82) is 0 Å². The standard InChI is InChI=1S/C24H26N2O5/c1-27-19-11-10-18(15-20(19)28-2)26-24-17(7-6-12-25-24)9-8-16-13-21(29-3)23(31-5)22(14-16)30-4/h6-15H,1-5H3,(H,25,26)/b9-8+. The van der Waals surface area contributed by atoms with Crippen molar-refractivity contribution in [2.45, 2.75) is 0 Å². The van der Waals surface area contributed by atoms with Crippen LogP contribution >= 0.6 is 0 Å². The van der Waals surface area contributed by atoms with Crippen LogP contribution in [0, 0.1) is 0 Å². The number of rotatable bonds is 9. The van der Waals surface area contributed by atoms with E-state index in [1.165, 1.54) is 0 Å². The van der Waals surface area contributed by atoms with E-state index in [4.69, 9.17) is 23.7 Å². The highest BCUT2D eigenvalue weighted by atomic mass is 16.5. The van der Waals surface area contributed by atoms with Gasteiger partial charge in [0.2, 0.25) is 5.75 Å². The Morgan fingerprint density at radius 3 is 2.00 bits per heavy atom. The van der Waals surface area contributed by atoms with Crippen molar-refractivity contribution >= 4 is 23.7 Å². The molecule has 0 spiro atoms. The summed E-state index contributed by atoms with van der Waals surface area (Å²) in [7, 11) is 7.98. The third-order valence-electron chi connectivity index (χ3n) is 4.63. The summed E-state index contributed by atoms with van der Waals surface area (Å²) in [5, 5.41) is 3.33. The zero-order chi connectivity index (χ0) is 22.2. The van der Waals surface area contributed by atoms with E-state index in [0.29, 0.717) is 34.6 Å². The second kappa shape index (κ2) is 10.2. The first-order valence-electron chi connectivity index (χ1n) is 9.55.